The first-order valence-corrected chi connectivity index (χ1v) is 9.95. The van der Waals surface area contributed by atoms with E-state index in [1.165, 1.54) is 11.1 Å². The van der Waals surface area contributed by atoms with E-state index in [0.717, 1.165) is 38.2 Å². The van der Waals surface area contributed by atoms with Crippen LogP contribution in [0.2, 0.25) is 0 Å². The lowest BCUT2D eigenvalue weighted by Crippen LogP contribution is -2.48. The summed E-state index contributed by atoms with van der Waals surface area (Å²) in [5.74, 6) is 0.886. The van der Waals surface area contributed by atoms with E-state index in [1.807, 2.05) is 30.7 Å². The molecule has 5 rings (SSSR count). The Morgan fingerprint density at radius 3 is 2.79 bits per heavy atom. The predicted molar refractivity (Wildman–Crippen MR) is 108 cm³/mol. The van der Waals surface area contributed by atoms with Crippen LogP contribution in [-0.2, 0) is 5.41 Å². The fourth-order valence-corrected chi connectivity index (χ4v) is 5.00. The van der Waals surface area contributed by atoms with Gasteiger partial charge in [0.15, 0.2) is 0 Å². The maximum absolute atomic E-state index is 11.5. The number of hydrogen-bond acceptors (Lipinski definition) is 4. The minimum absolute atomic E-state index is 0.0518. The molecule has 5 heteroatoms. The summed E-state index contributed by atoms with van der Waals surface area (Å²) in [6.45, 7) is 2.86. The number of imidazole rings is 1. The number of rotatable bonds is 4. The van der Waals surface area contributed by atoms with Crippen molar-refractivity contribution in [2.75, 3.05) is 19.6 Å². The monoisotopic (exact) mass is 375 g/mol. The highest BCUT2D eigenvalue weighted by Gasteiger charge is 2.52. The number of aliphatic hydroxyl groups excluding tert-OH is 1. The second-order valence-electron chi connectivity index (χ2n) is 7.86. The predicted octanol–water partition coefficient (Wildman–Crippen LogP) is 3.49. The van der Waals surface area contributed by atoms with Crippen LogP contribution in [0.15, 0.2) is 71.9 Å². The first-order valence-electron chi connectivity index (χ1n) is 9.95. The summed E-state index contributed by atoms with van der Waals surface area (Å²) in [4.78, 5) is 6.65. The molecule has 144 valence electrons. The highest BCUT2D eigenvalue weighted by Crippen LogP contribution is 2.52. The van der Waals surface area contributed by atoms with Gasteiger partial charge < -0.3 is 14.1 Å². The van der Waals surface area contributed by atoms with Crippen LogP contribution in [0, 0.1) is 0 Å². The molecule has 1 fully saturated rings. The molecule has 2 atom stereocenters. The van der Waals surface area contributed by atoms with Gasteiger partial charge in [-0.1, -0.05) is 30.3 Å². The van der Waals surface area contributed by atoms with Crippen molar-refractivity contribution in [1.29, 1.82) is 0 Å². The number of furan rings is 1. The Labute approximate surface area is 164 Å². The summed E-state index contributed by atoms with van der Waals surface area (Å²) in [5.41, 5.74) is 2.37. The molecule has 3 aromatic rings. The molecular weight excluding hydrogens is 350 g/mol. The van der Waals surface area contributed by atoms with Crippen LogP contribution in [0.3, 0.4) is 0 Å². The van der Waals surface area contributed by atoms with Gasteiger partial charge in [-0.2, -0.15) is 0 Å². The Morgan fingerprint density at radius 1 is 1.18 bits per heavy atom. The number of nitrogens with zero attached hydrogens (tertiary/aromatic N) is 3. The van der Waals surface area contributed by atoms with E-state index in [0.29, 0.717) is 0 Å². The van der Waals surface area contributed by atoms with Gasteiger partial charge in [0.1, 0.15) is 5.76 Å². The van der Waals surface area contributed by atoms with Crippen LogP contribution in [-0.4, -0.2) is 45.3 Å². The van der Waals surface area contributed by atoms with Crippen LogP contribution < -0.4 is 0 Å². The molecular formula is C23H25N3O2. The first kappa shape index (κ1) is 17.5. The van der Waals surface area contributed by atoms with Crippen molar-refractivity contribution < 1.29 is 9.52 Å². The van der Waals surface area contributed by atoms with E-state index in [-0.39, 0.29) is 11.5 Å². The molecule has 0 amide bonds. The summed E-state index contributed by atoms with van der Waals surface area (Å²) in [6.07, 6.45) is 12.9. The molecule has 2 aromatic heterocycles. The smallest absolute Gasteiger partial charge is 0.126 e. The Morgan fingerprint density at radius 2 is 2.04 bits per heavy atom. The maximum atomic E-state index is 11.5. The summed E-state index contributed by atoms with van der Waals surface area (Å²) in [5, 5.41) is 11.5. The van der Waals surface area contributed by atoms with E-state index in [9.17, 15) is 5.11 Å². The van der Waals surface area contributed by atoms with Gasteiger partial charge in [0.05, 0.1) is 24.7 Å². The molecule has 1 aliphatic carbocycles. The third-order valence-electron chi connectivity index (χ3n) is 6.46. The van der Waals surface area contributed by atoms with E-state index >= 15 is 0 Å². The van der Waals surface area contributed by atoms with Crippen molar-refractivity contribution in [2.45, 2.75) is 30.4 Å². The fourth-order valence-electron chi connectivity index (χ4n) is 5.00. The number of benzene rings is 1. The normalized spacial score (nSPS) is 24.2. The number of hydrogen-bond donors (Lipinski definition) is 1. The molecule has 0 radical (unpaired) electrons. The number of aliphatic hydroxyl groups is 1. The summed E-state index contributed by atoms with van der Waals surface area (Å²) in [7, 11) is 0. The molecule has 0 bridgehead atoms. The largest absolute Gasteiger partial charge is 0.465 e. The molecule has 1 saturated heterocycles. The number of aromatic nitrogens is 2. The van der Waals surface area contributed by atoms with Crippen molar-refractivity contribution in [3.05, 3.63) is 84.3 Å². The van der Waals surface area contributed by atoms with Gasteiger partial charge in [-0.3, -0.25) is 4.90 Å². The van der Waals surface area contributed by atoms with Gasteiger partial charge in [-0.15, -0.1) is 0 Å². The molecule has 0 saturated carbocycles. The second-order valence-corrected chi connectivity index (χ2v) is 7.86. The first-order chi connectivity index (χ1) is 13.8. The van der Waals surface area contributed by atoms with Crippen LogP contribution in [0.5, 0.6) is 0 Å². The molecule has 1 spiro atoms. The van der Waals surface area contributed by atoms with Crippen molar-refractivity contribution >= 4 is 6.08 Å². The van der Waals surface area contributed by atoms with Gasteiger partial charge in [0.25, 0.3) is 0 Å². The van der Waals surface area contributed by atoms with E-state index in [4.69, 9.17) is 4.42 Å². The zero-order chi connectivity index (χ0) is 19.0. The van der Waals surface area contributed by atoms with Gasteiger partial charge >= 0.3 is 0 Å². The Hall–Kier alpha value is -2.63. The Kier molecular flexibility index (Phi) is 4.41. The van der Waals surface area contributed by atoms with E-state index in [2.05, 4.69) is 44.8 Å². The number of likely N-dealkylation sites (tertiary alicyclic amines) is 1. The molecule has 28 heavy (non-hydrogen) atoms. The minimum atomic E-state index is -0.431. The van der Waals surface area contributed by atoms with E-state index in [1.54, 1.807) is 12.5 Å². The van der Waals surface area contributed by atoms with Gasteiger partial charge in [0.2, 0.25) is 0 Å². The highest BCUT2D eigenvalue weighted by atomic mass is 16.3. The molecule has 5 nitrogen and oxygen atoms in total. The van der Waals surface area contributed by atoms with Crippen molar-refractivity contribution in [3.63, 3.8) is 0 Å². The van der Waals surface area contributed by atoms with Crippen molar-refractivity contribution in [3.8, 4) is 0 Å². The third kappa shape index (κ3) is 2.82. The Bertz CT molecular complexity index is 938. The summed E-state index contributed by atoms with van der Waals surface area (Å²) < 4.78 is 7.41. The lowest BCUT2D eigenvalue weighted by molar-refractivity contribution is 0.0245. The van der Waals surface area contributed by atoms with Crippen molar-refractivity contribution in [1.82, 2.24) is 14.5 Å². The standard InChI is InChI=1S/C23H25N3O2/c27-22-21(26-15-11-24-17-26)19-7-1-2-8-20(19)23(22)9-13-25(14-10-23)12-3-5-18-6-4-16-28-18/h1-8,11,15-17,21-22,27H,9-10,12-14H2/b5-3+/t21-,22+/m0/s1. The van der Waals surface area contributed by atoms with Gasteiger partial charge in [0, 0.05) is 24.4 Å². The molecule has 1 aromatic carbocycles. The van der Waals surface area contributed by atoms with Gasteiger partial charge in [-0.05, 0) is 55.3 Å². The lowest BCUT2D eigenvalue weighted by Gasteiger charge is -2.42. The van der Waals surface area contributed by atoms with Gasteiger partial charge in [-0.25, -0.2) is 4.98 Å². The van der Waals surface area contributed by atoms with Crippen LogP contribution in [0.1, 0.15) is 35.8 Å². The topological polar surface area (TPSA) is 54.4 Å². The average molecular weight is 375 g/mol. The summed E-state index contributed by atoms with van der Waals surface area (Å²) >= 11 is 0. The Balaban J connectivity index is 1.35. The number of piperidine rings is 1. The molecule has 0 unspecified atom stereocenters. The molecule has 3 heterocycles. The van der Waals surface area contributed by atoms with Crippen LogP contribution in [0.25, 0.3) is 6.08 Å². The zero-order valence-corrected chi connectivity index (χ0v) is 15.8. The van der Waals surface area contributed by atoms with Crippen LogP contribution >= 0.6 is 0 Å². The van der Waals surface area contributed by atoms with Crippen LogP contribution in [0.4, 0.5) is 0 Å². The molecule has 1 N–H and O–H groups in total. The summed E-state index contributed by atoms with van der Waals surface area (Å²) in [6, 6.07) is 12.4. The SMILES string of the molecule is O[C@@H]1[C@@H](n2ccnc2)c2ccccc2C12CCN(C/C=C/c1ccco1)CC2. The fraction of sp³-hybridized carbons (Fsp3) is 0.348. The average Bonchev–Trinajstić information content (AvgIpc) is 3.46. The highest BCUT2D eigenvalue weighted by molar-refractivity contribution is 5.46. The second kappa shape index (κ2) is 7.08. The molecule has 1 aliphatic heterocycles. The maximum Gasteiger partial charge on any atom is 0.126 e. The third-order valence-corrected chi connectivity index (χ3v) is 6.46. The quantitative estimate of drug-likeness (QED) is 0.758. The van der Waals surface area contributed by atoms with E-state index < -0.39 is 6.10 Å². The number of fused-ring (bicyclic) bond motifs is 2. The van der Waals surface area contributed by atoms with Crippen molar-refractivity contribution in [2.24, 2.45) is 0 Å². The zero-order valence-electron chi connectivity index (χ0n) is 15.8. The minimum Gasteiger partial charge on any atom is -0.465 e. The molecule has 2 aliphatic rings. The lowest BCUT2D eigenvalue weighted by atomic mass is 9.72.